The first-order valence-corrected chi connectivity index (χ1v) is 8.73. The molecule has 164 valence electrons. The number of rotatable bonds is 8. The Morgan fingerprint density at radius 3 is 2.48 bits per heavy atom. The molecule has 0 fully saturated rings. The molecule has 10 heteroatoms. The van der Waals surface area contributed by atoms with Gasteiger partial charge in [-0.1, -0.05) is 6.07 Å². The summed E-state index contributed by atoms with van der Waals surface area (Å²) in [4.78, 5) is 23.5. The fraction of sp³-hybridized carbons (Fsp3) is 0.143. The minimum atomic E-state index is -4.72. The highest BCUT2D eigenvalue weighted by Crippen LogP contribution is 2.37. The normalized spacial score (nSPS) is 11.9. The number of halogens is 4. The number of nitrogens with one attached hydrogen (secondary N) is 2. The number of aldehydes is 1. The van der Waals surface area contributed by atoms with Crippen molar-refractivity contribution in [1.29, 1.82) is 0 Å². The highest BCUT2D eigenvalue weighted by Gasteiger charge is 2.32. The zero-order valence-electron chi connectivity index (χ0n) is 16.4. The minimum Gasteiger partial charge on any atom is -0.490 e. The number of hydrogen-bond donors (Lipinski definition) is 2. The summed E-state index contributed by atoms with van der Waals surface area (Å²) < 4.78 is 63.9. The summed E-state index contributed by atoms with van der Waals surface area (Å²) in [6.07, 6.45) is -0.587. The third kappa shape index (κ3) is 6.08. The Labute approximate surface area is 175 Å². The van der Waals surface area contributed by atoms with Gasteiger partial charge in [-0.25, -0.2) is 4.39 Å². The monoisotopic (exact) mass is 438 g/mol. The van der Waals surface area contributed by atoms with E-state index in [1.807, 2.05) is 0 Å². The van der Waals surface area contributed by atoms with Crippen LogP contribution in [0.5, 0.6) is 17.2 Å². The SMILES string of the molecule is CN/C=C\C(=C/C=O)NC(=O)c1cc(C(F)(F)F)ccc1Oc1cccc(F)c1OC. The second-order valence-corrected chi connectivity index (χ2v) is 5.92. The summed E-state index contributed by atoms with van der Waals surface area (Å²) in [6.45, 7) is 0. The topological polar surface area (TPSA) is 76.7 Å². The molecule has 2 rings (SSSR count). The molecule has 1 amide bonds. The lowest BCUT2D eigenvalue weighted by atomic mass is 10.1. The highest BCUT2D eigenvalue weighted by molar-refractivity contribution is 5.98. The summed E-state index contributed by atoms with van der Waals surface area (Å²) in [7, 11) is 2.76. The van der Waals surface area contributed by atoms with Crippen molar-refractivity contribution < 1.29 is 36.6 Å². The van der Waals surface area contributed by atoms with E-state index in [9.17, 15) is 27.2 Å². The average Bonchev–Trinajstić information content (AvgIpc) is 2.71. The van der Waals surface area contributed by atoms with E-state index in [1.165, 1.54) is 31.5 Å². The van der Waals surface area contributed by atoms with Gasteiger partial charge in [0.2, 0.25) is 0 Å². The fourth-order valence-electron chi connectivity index (χ4n) is 2.44. The number of amides is 1. The van der Waals surface area contributed by atoms with Crippen LogP contribution >= 0.6 is 0 Å². The number of ether oxygens (including phenoxy) is 2. The lowest BCUT2D eigenvalue weighted by Crippen LogP contribution is -2.23. The number of hydrogen-bond acceptors (Lipinski definition) is 5. The van der Waals surface area contributed by atoms with E-state index in [4.69, 9.17) is 9.47 Å². The van der Waals surface area contributed by atoms with Crippen LogP contribution in [0, 0.1) is 5.82 Å². The Hall–Kier alpha value is -3.82. The smallest absolute Gasteiger partial charge is 0.416 e. The number of allylic oxidation sites excluding steroid dienone is 2. The van der Waals surface area contributed by atoms with Gasteiger partial charge in [-0.15, -0.1) is 0 Å². The molecule has 0 atom stereocenters. The van der Waals surface area contributed by atoms with Gasteiger partial charge in [0, 0.05) is 18.8 Å². The van der Waals surface area contributed by atoms with Crippen LogP contribution in [0.1, 0.15) is 15.9 Å². The van der Waals surface area contributed by atoms with Crippen LogP contribution in [-0.4, -0.2) is 26.4 Å². The molecule has 0 aliphatic heterocycles. The van der Waals surface area contributed by atoms with Crippen LogP contribution in [0.4, 0.5) is 17.6 Å². The van der Waals surface area contributed by atoms with Crippen LogP contribution in [0.3, 0.4) is 0 Å². The molecular formula is C21H18F4N2O4. The van der Waals surface area contributed by atoms with E-state index < -0.39 is 29.0 Å². The first-order valence-electron chi connectivity index (χ1n) is 8.73. The summed E-state index contributed by atoms with van der Waals surface area (Å²) in [5, 5.41) is 4.97. The Bertz CT molecular complexity index is 1020. The zero-order chi connectivity index (χ0) is 23.0. The molecule has 2 aromatic carbocycles. The molecule has 2 N–H and O–H groups in total. The van der Waals surface area contributed by atoms with E-state index in [1.54, 1.807) is 7.05 Å². The largest absolute Gasteiger partial charge is 0.490 e. The lowest BCUT2D eigenvalue weighted by molar-refractivity contribution is -0.137. The first kappa shape index (κ1) is 23.5. The maximum absolute atomic E-state index is 13.9. The van der Waals surface area contributed by atoms with Crippen LogP contribution < -0.4 is 20.1 Å². The molecule has 0 saturated carbocycles. The number of carbonyl (C=O) groups is 2. The molecule has 31 heavy (non-hydrogen) atoms. The predicted molar refractivity (Wildman–Crippen MR) is 104 cm³/mol. The summed E-state index contributed by atoms with van der Waals surface area (Å²) in [5.41, 5.74) is -1.57. The van der Waals surface area contributed by atoms with E-state index in [0.717, 1.165) is 24.3 Å². The van der Waals surface area contributed by atoms with E-state index >= 15 is 0 Å². The summed E-state index contributed by atoms with van der Waals surface area (Å²) >= 11 is 0. The van der Waals surface area contributed by atoms with Gasteiger partial charge in [0.05, 0.1) is 18.2 Å². The van der Waals surface area contributed by atoms with Crippen molar-refractivity contribution in [1.82, 2.24) is 10.6 Å². The number of alkyl halides is 3. The van der Waals surface area contributed by atoms with Crippen LogP contribution in [0.15, 0.2) is 60.4 Å². The molecule has 0 spiro atoms. The Kier molecular flexibility index (Phi) is 7.78. The Morgan fingerprint density at radius 1 is 1.13 bits per heavy atom. The van der Waals surface area contributed by atoms with Crippen molar-refractivity contribution in [3.05, 3.63) is 77.4 Å². The van der Waals surface area contributed by atoms with Gasteiger partial charge >= 0.3 is 6.18 Å². The molecule has 0 aliphatic rings. The van der Waals surface area contributed by atoms with Crippen LogP contribution in [-0.2, 0) is 11.0 Å². The van der Waals surface area contributed by atoms with Gasteiger partial charge in [-0.05, 0) is 42.6 Å². The van der Waals surface area contributed by atoms with Gasteiger partial charge in [-0.3, -0.25) is 9.59 Å². The predicted octanol–water partition coefficient (Wildman–Crippen LogP) is 4.19. The standard InChI is InChI=1S/C21H18F4N2O4/c1-26-10-8-14(9-11-28)27-20(29)15-12-13(21(23,24)25)6-7-17(15)31-18-5-3-4-16(22)19(18)30-2/h3-12,26H,1-2H3,(H,27,29)/b10-8-,14-9+. The van der Waals surface area contributed by atoms with Crippen LogP contribution in [0.25, 0.3) is 0 Å². The van der Waals surface area contributed by atoms with E-state index in [0.29, 0.717) is 12.4 Å². The highest BCUT2D eigenvalue weighted by atomic mass is 19.4. The molecule has 2 aromatic rings. The lowest BCUT2D eigenvalue weighted by Gasteiger charge is -2.16. The maximum atomic E-state index is 13.9. The Morgan fingerprint density at radius 2 is 1.87 bits per heavy atom. The Balaban J connectivity index is 2.51. The van der Waals surface area contributed by atoms with Gasteiger partial charge in [-0.2, -0.15) is 13.2 Å². The van der Waals surface area contributed by atoms with Gasteiger partial charge in [0.15, 0.2) is 17.3 Å². The van der Waals surface area contributed by atoms with Gasteiger partial charge in [0.1, 0.15) is 12.0 Å². The second kappa shape index (κ2) is 10.3. The third-order valence-electron chi connectivity index (χ3n) is 3.84. The van der Waals surface area contributed by atoms with Crippen LogP contribution in [0.2, 0.25) is 0 Å². The van der Waals surface area contributed by atoms with E-state index in [-0.39, 0.29) is 22.9 Å². The molecule has 0 saturated heterocycles. The van der Waals surface area contributed by atoms with Crippen molar-refractivity contribution in [2.75, 3.05) is 14.2 Å². The minimum absolute atomic E-state index is 0.0149. The van der Waals surface area contributed by atoms with Crippen molar-refractivity contribution >= 4 is 12.2 Å². The van der Waals surface area contributed by atoms with Gasteiger partial charge < -0.3 is 20.1 Å². The molecule has 0 unspecified atom stereocenters. The molecular weight excluding hydrogens is 420 g/mol. The number of carbonyl (C=O) groups excluding carboxylic acids is 2. The van der Waals surface area contributed by atoms with Gasteiger partial charge in [0.25, 0.3) is 5.91 Å². The summed E-state index contributed by atoms with van der Waals surface area (Å²) in [5.74, 6) is -2.45. The maximum Gasteiger partial charge on any atom is 0.416 e. The van der Waals surface area contributed by atoms with Crippen molar-refractivity contribution in [3.63, 3.8) is 0 Å². The van der Waals surface area contributed by atoms with Crippen molar-refractivity contribution in [2.24, 2.45) is 0 Å². The van der Waals surface area contributed by atoms with E-state index in [2.05, 4.69) is 10.6 Å². The number of methoxy groups -OCH3 is 1. The molecule has 0 heterocycles. The second-order valence-electron chi connectivity index (χ2n) is 5.92. The molecule has 0 aromatic heterocycles. The quantitative estimate of drug-likeness (QED) is 0.280. The number of para-hydroxylation sites is 1. The number of benzene rings is 2. The molecule has 0 aliphatic carbocycles. The van der Waals surface area contributed by atoms with Crippen molar-refractivity contribution in [3.8, 4) is 17.2 Å². The first-order chi connectivity index (χ1) is 14.7. The molecule has 0 radical (unpaired) electrons. The fourth-order valence-corrected chi connectivity index (χ4v) is 2.44. The molecule has 0 bridgehead atoms. The van der Waals surface area contributed by atoms with Crippen molar-refractivity contribution in [2.45, 2.75) is 6.18 Å². The third-order valence-corrected chi connectivity index (χ3v) is 3.84. The molecule has 6 nitrogen and oxygen atoms in total. The average molecular weight is 438 g/mol. The zero-order valence-corrected chi connectivity index (χ0v) is 16.4. The summed E-state index contributed by atoms with van der Waals surface area (Å²) in [6, 6.07) is 6.00.